The van der Waals surface area contributed by atoms with Gasteiger partial charge in [-0.05, 0) is 9.71 Å². The van der Waals surface area contributed by atoms with Crippen LogP contribution in [0.25, 0.3) is 0 Å². The predicted molar refractivity (Wildman–Crippen MR) is 80.5 cm³/mol. The average molecular weight is 341 g/mol. The molecule has 0 radical (unpaired) electrons. The molecule has 0 aliphatic carbocycles. The van der Waals surface area contributed by atoms with Crippen LogP contribution in [-0.4, -0.2) is 53.7 Å². The molecule has 10 nitrogen and oxygen atoms in total. The largest absolute Gasteiger partial charge is 0.490 e. The van der Waals surface area contributed by atoms with Gasteiger partial charge in [0.05, 0.1) is 35.0 Å². The van der Waals surface area contributed by atoms with Gasteiger partial charge in [-0.3, -0.25) is 0 Å². The van der Waals surface area contributed by atoms with Crippen LogP contribution >= 0.6 is 0 Å². The molecule has 2 heterocycles. The van der Waals surface area contributed by atoms with Crippen molar-refractivity contribution in [2.75, 3.05) is 28.4 Å². The molecule has 0 bridgehead atoms. The van der Waals surface area contributed by atoms with Gasteiger partial charge in [-0.25, -0.2) is 4.98 Å². The number of aliphatic hydroxyl groups excluding tert-OH is 1. The van der Waals surface area contributed by atoms with Crippen molar-refractivity contribution in [2.45, 2.75) is 13.5 Å². The fourth-order valence-corrected chi connectivity index (χ4v) is 1.75. The van der Waals surface area contributed by atoms with Crippen LogP contribution in [0.5, 0.6) is 23.3 Å². The third-order valence-electron chi connectivity index (χ3n) is 2.94. The molecule has 2 N–H and O–H groups in total. The normalized spacial score (nSPS) is 9.58. The Hall–Kier alpha value is -2.88. The summed E-state index contributed by atoms with van der Waals surface area (Å²) in [5.41, 5.74) is 0.966. The number of hydrogen-bond acceptors (Lipinski definition) is 9. The van der Waals surface area contributed by atoms with Crippen molar-refractivity contribution in [1.29, 1.82) is 0 Å². The Kier molecular flexibility index (Phi) is 7.43. The number of aromatic nitrogens is 4. The zero-order valence-electron chi connectivity index (χ0n) is 14.2. The van der Waals surface area contributed by atoms with E-state index in [0.717, 1.165) is 4.73 Å². The highest BCUT2D eigenvalue weighted by Gasteiger charge is 2.19. The molecule has 0 aliphatic heterocycles. The van der Waals surface area contributed by atoms with E-state index >= 15 is 0 Å². The lowest BCUT2D eigenvalue weighted by atomic mass is 10.4. The summed E-state index contributed by atoms with van der Waals surface area (Å²) < 4.78 is 20.6. The molecule has 0 aliphatic rings. The van der Waals surface area contributed by atoms with Crippen LogP contribution in [0.2, 0.25) is 0 Å². The quantitative estimate of drug-likeness (QED) is 0.568. The van der Waals surface area contributed by atoms with Crippen LogP contribution in [0, 0.1) is 6.92 Å². The minimum atomic E-state index is -0.192. The topological polar surface area (TPSA) is 120 Å². The second-order valence-electron chi connectivity index (χ2n) is 4.24. The molecule has 2 aromatic rings. The van der Waals surface area contributed by atoms with Gasteiger partial charge in [-0.2, -0.15) is 4.98 Å². The maximum atomic E-state index is 9.17. The van der Waals surface area contributed by atoms with E-state index in [0.29, 0.717) is 34.6 Å². The second kappa shape index (κ2) is 9.30. The van der Waals surface area contributed by atoms with E-state index < -0.39 is 0 Å². The van der Waals surface area contributed by atoms with Crippen molar-refractivity contribution in [3.05, 3.63) is 24.0 Å². The number of ether oxygens (including phenoxy) is 4. The Labute approximate surface area is 139 Å². The van der Waals surface area contributed by atoms with Gasteiger partial charge in [-0.1, -0.05) is 0 Å². The van der Waals surface area contributed by atoms with Gasteiger partial charge in [0.15, 0.2) is 5.69 Å². The average Bonchev–Trinajstić information content (AvgIpc) is 2.63. The first-order valence-corrected chi connectivity index (χ1v) is 6.75. The number of hydrogen-bond donors (Lipinski definition) is 2. The van der Waals surface area contributed by atoms with E-state index in [9.17, 15) is 0 Å². The van der Waals surface area contributed by atoms with Crippen molar-refractivity contribution >= 4 is 0 Å². The monoisotopic (exact) mass is 341 g/mol. The third kappa shape index (κ3) is 4.32. The lowest BCUT2D eigenvalue weighted by Gasteiger charge is -2.07. The molecule has 0 spiro atoms. The Morgan fingerprint density at radius 2 is 1.50 bits per heavy atom. The van der Waals surface area contributed by atoms with Crippen molar-refractivity contribution in [3.8, 4) is 23.3 Å². The number of aliphatic hydroxyl groups is 1. The van der Waals surface area contributed by atoms with Gasteiger partial charge < -0.3 is 29.3 Å². The molecule has 2 aromatic heterocycles. The van der Waals surface area contributed by atoms with E-state index in [1.807, 2.05) is 0 Å². The summed E-state index contributed by atoms with van der Waals surface area (Å²) in [4.78, 5) is 11.4. The molecule has 132 valence electrons. The Bertz CT molecular complexity index is 646. The number of methoxy groups -OCH3 is 4. The molecule has 10 heteroatoms. The standard InChI is InChI=1S/C7H10N2O3.C7H11N2O3/c1-11-6-5(3-10)8-4-9-7(6)12-2;1-5-6(11-2)7(12-3)8-4-9(5)10/h4,10H,3H2,1-2H3;4,10H,1-3H3/q;+1. The Morgan fingerprint density at radius 3 is 2.00 bits per heavy atom. The van der Waals surface area contributed by atoms with E-state index in [1.165, 1.54) is 41.1 Å². The summed E-state index contributed by atoms with van der Waals surface area (Å²) in [5.74, 6) is 1.50. The molecule has 24 heavy (non-hydrogen) atoms. The van der Waals surface area contributed by atoms with E-state index in [1.54, 1.807) is 6.92 Å². The van der Waals surface area contributed by atoms with Crippen molar-refractivity contribution in [1.82, 2.24) is 15.0 Å². The fourth-order valence-electron chi connectivity index (χ4n) is 1.75. The van der Waals surface area contributed by atoms with Crippen LogP contribution in [0.3, 0.4) is 0 Å². The summed E-state index contributed by atoms with van der Waals surface area (Å²) in [7, 11) is 5.94. The van der Waals surface area contributed by atoms with Crippen molar-refractivity contribution in [2.24, 2.45) is 0 Å². The van der Waals surface area contributed by atoms with Crippen LogP contribution in [0.4, 0.5) is 0 Å². The summed E-state index contributed by atoms with van der Waals surface area (Å²) >= 11 is 0. The first-order valence-electron chi connectivity index (χ1n) is 6.75. The van der Waals surface area contributed by atoms with Crippen LogP contribution in [-0.2, 0) is 6.61 Å². The Balaban J connectivity index is 0.000000240. The van der Waals surface area contributed by atoms with Gasteiger partial charge in [0.1, 0.15) is 12.0 Å². The van der Waals surface area contributed by atoms with Crippen LogP contribution in [0.15, 0.2) is 12.7 Å². The van der Waals surface area contributed by atoms with E-state index in [2.05, 4.69) is 15.0 Å². The number of rotatable bonds is 5. The van der Waals surface area contributed by atoms with Crippen LogP contribution < -0.4 is 23.7 Å². The summed E-state index contributed by atoms with van der Waals surface area (Å²) in [6.07, 6.45) is 2.56. The maximum Gasteiger partial charge on any atom is 0.374 e. The molecular weight excluding hydrogens is 320 g/mol. The SMILES string of the molecule is COc1nc[n+](O)c(C)c1OC.COc1ncnc(CO)c1OC. The third-order valence-corrected chi connectivity index (χ3v) is 2.94. The molecule has 0 atom stereocenters. The molecule has 0 fully saturated rings. The highest BCUT2D eigenvalue weighted by Crippen LogP contribution is 2.26. The van der Waals surface area contributed by atoms with E-state index in [4.69, 9.17) is 29.3 Å². The highest BCUT2D eigenvalue weighted by molar-refractivity contribution is 5.36. The first kappa shape index (κ1) is 19.2. The van der Waals surface area contributed by atoms with E-state index in [-0.39, 0.29) is 6.61 Å². The molecule has 0 unspecified atom stereocenters. The zero-order chi connectivity index (χ0) is 18.1. The maximum absolute atomic E-state index is 9.17. The lowest BCUT2D eigenvalue weighted by Crippen LogP contribution is -2.34. The summed E-state index contributed by atoms with van der Waals surface area (Å²) in [6, 6.07) is 0. The van der Waals surface area contributed by atoms with Crippen molar-refractivity contribution in [3.63, 3.8) is 0 Å². The summed E-state index contributed by atoms with van der Waals surface area (Å²) in [6.45, 7) is 1.51. The van der Waals surface area contributed by atoms with Gasteiger partial charge >= 0.3 is 12.2 Å². The van der Waals surface area contributed by atoms with Gasteiger partial charge in [-0.15, -0.1) is 0 Å². The number of nitrogens with zero attached hydrogens (tertiary/aromatic N) is 4. The van der Waals surface area contributed by atoms with Crippen LogP contribution in [0.1, 0.15) is 11.4 Å². The smallest absolute Gasteiger partial charge is 0.374 e. The Morgan fingerprint density at radius 1 is 0.917 bits per heavy atom. The first-order chi connectivity index (χ1) is 11.5. The lowest BCUT2D eigenvalue weighted by molar-refractivity contribution is -0.910. The van der Waals surface area contributed by atoms with Gasteiger partial charge in [0.2, 0.25) is 5.75 Å². The molecule has 0 saturated heterocycles. The highest BCUT2D eigenvalue weighted by atomic mass is 16.5. The molecular formula is C14H21N4O6+. The minimum Gasteiger partial charge on any atom is -0.490 e. The van der Waals surface area contributed by atoms with Crippen molar-refractivity contribution < 1.29 is 34.0 Å². The molecule has 0 amide bonds. The summed E-state index contributed by atoms with van der Waals surface area (Å²) in [5, 5.41) is 18.0. The molecule has 0 saturated carbocycles. The second-order valence-corrected chi connectivity index (χ2v) is 4.24. The predicted octanol–water partition coefficient (Wildman–Crippen LogP) is -0.0819. The molecule has 0 aromatic carbocycles. The van der Waals surface area contributed by atoms with Gasteiger partial charge in [0.25, 0.3) is 11.6 Å². The fraction of sp³-hybridized carbons (Fsp3) is 0.429. The van der Waals surface area contributed by atoms with Gasteiger partial charge in [0, 0.05) is 6.92 Å². The zero-order valence-corrected chi connectivity index (χ0v) is 14.2. The molecule has 2 rings (SSSR count). The minimum absolute atomic E-state index is 0.192.